The van der Waals surface area contributed by atoms with Crippen LogP contribution in [-0.2, 0) is 0 Å². The second-order valence-electron chi connectivity index (χ2n) is 0.374. The first-order valence-corrected chi connectivity index (χ1v) is 1.44. The molecule has 0 heterocycles. The average molecular weight is 93.2 g/mol. The number of rotatable bonds is 0. The molecule has 0 aliphatic carbocycles. The van der Waals surface area contributed by atoms with E-state index < -0.39 is 0 Å². The van der Waals surface area contributed by atoms with Gasteiger partial charge in [0.05, 0.1) is 0 Å². The lowest BCUT2D eigenvalue weighted by atomic mass is 10.9. The van der Waals surface area contributed by atoms with Crippen LogP contribution in [-0.4, -0.2) is 11.7 Å². The third-order valence-corrected chi connectivity index (χ3v) is 0.346. The van der Waals surface area contributed by atoms with Crippen molar-refractivity contribution in [3.05, 3.63) is 0 Å². The van der Waals surface area contributed by atoms with Gasteiger partial charge in [0.2, 0.25) is 0 Å². The van der Waals surface area contributed by atoms with Gasteiger partial charge >= 0.3 is 0 Å². The molecule has 0 unspecified atom stereocenters. The zero-order valence-electron chi connectivity index (χ0n) is 2.97. The van der Waals surface area contributed by atoms with Crippen LogP contribution in [0, 0.1) is 0 Å². The van der Waals surface area contributed by atoms with Gasteiger partial charge in [0.1, 0.15) is 0 Å². The van der Waals surface area contributed by atoms with Crippen molar-refractivity contribution >= 4 is 19.0 Å². The number of hydrogen-bond acceptors (Lipinski definition) is 2. The Bertz CT molecular complexity index is 24.8. The van der Waals surface area contributed by atoms with E-state index in [9.17, 15) is 0 Å². The van der Waals surface area contributed by atoms with Crippen molar-refractivity contribution in [2.24, 2.45) is 4.40 Å². The largest absolute Gasteiger partial charge is 0.412 e. The first-order valence-electron chi connectivity index (χ1n) is 1.04. The highest BCUT2D eigenvalue weighted by molar-refractivity contribution is 7.78. The van der Waals surface area contributed by atoms with E-state index in [-0.39, 0.29) is 5.48 Å². The summed E-state index contributed by atoms with van der Waals surface area (Å²) in [5.74, 6) is 0. The predicted molar refractivity (Wildman–Crippen MR) is 26.8 cm³/mol. The fourth-order valence-electron chi connectivity index (χ4n) is 0. The van der Waals surface area contributed by atoms with Gasteiger partial charge in [0, 0.05) is 6.21 Å². The van der Waals surface area contributed by atoms with E-state index >= 15 is 0 Å². The van der Waals surface area contributed by atoms with Crippen LogP contribution in [0.2, 0.25) is 0 Å². The van der Waals surface area contributed by atoms with Crippen molar-refractivity contribution in [2.45, 2.75) is 6.92 Å². The summed E-state index contributed by atoms with van der Waals surface area (Å²) in [7, 11) is 0. The predicted octanol–water partition coefficient (Wildman–Crippen LogP) is 0.0972. The number of hydrogen-bond donors (Lipinski definition) is 1. The normalized spacial score (nSPS) is 7.60. The van der Waals surface area contributed by atoms with Crippen LogP contribution in [0.15, 0.2) is 4.40 Å². The fourth-order valence-corrected chi connectivity index (χ4v) is 0. The SMILES string of the molecule is CC=NS.O. The van der Waals surface area contributed by atoms with Gasteiger partial charge in [-0.3, -0.25) is 0 Å². The second-order valence-corrected chi connectivity index (χ2v) is 0.605. The van der Waals surface area contributed by atoms with Gasteiger partial charge in [-0.05, 0) is 19.7 Å². The van der Waals surface area contributed by atoms with E-state index in [4.69, 9.17) is 0 Å². The Kier molecular flexibility index (Phi) is 16.0. The summed E-state index contributed by atoms with van der Waals surface area (Å²) in [6.07, 6.45) is 1.61. The second kappa shape index (κ2) is 9.02. The molecule has 0 aliphatic rings. The topological polar surface area (TPSA) is 43.9 Å². The Morgan fingerprint density at radius 3 is 2.00 bits per heavy atom. The van der Waals surface area contributed by atoms with Crippen LogP contribution in [0.3, 0.4) is 0 Å². The van der Waals surface area contributed by atoms with Crippen molar-refractivity contribution in [1.29, 1.82) is 0 Å². The van der Waals surface area contributed by atoms with Crippen molar-refractivity contribution in [2.75, 3.05) is 0 Å². The van der Waals surface area contributed by atoms with Gasteiger partial charge in [0.15, 0.2) is 0 Å². The van der Waals surface area contributed by atoms with E-state index in [1.807, 2.05) is 6.92 Å². The summed E-state index contributed by atoms with van der Waals surface area (Å²) in [6.45, 7) is 1.81. The molecule has 0 spiro atoms. The van der Waals surface area contributed by atoms with Gasteiger partial charge in [0.25, 0.3) is 0 Å². The van der Waals surface area contributed by atoms with E-state index in [0.717, 1.165) is 0 Å². The molecule has 0 fully saturated rings. The standard InChI is InChI=1S/C2H5NS.H2O/c1-2-3-4;/h2,4H,1H3;1H2. The molecular weight excluding hydrogens is 86.1 g/mol. The monoisotopic (exact) mass is 93.0 g/mol. The first kappa shape index (κ1) is 8.88. The Morgan fingerprint density at radius 2 is 2.00 bits per heavy atom. The quantitative estimate of drug-likeness (QED) is 0.326. The molecule has 0 aliphatic heterocycles. The van der Waals surface area contributed by atoms with Crippen LogP contribution in [0.5, 0.6) is 0 Å². The lowest BCUT2D eigenvalue weighted by Crippen LogP contribution is -1.39. The molecule has 0 bridgehead atoms. The molecule has 0 amide bonds. The molecular formula is C2H7NOS. The molecule has 0 atom stereocenters. The van der Waals surface area contributed by atoms with Crippen molar-refractivity contribution < 1.29 is 5.48 Å². The molecule has 2 N–H and O–H groups in total. The minimum atomic E-state index is 0. The lowest BCUT2D eigenvalue weighted by Gasteiger charge is -1.51. The summed E-state index contributed by atoms with van der Waals surface area (Å²) in [4.78, 5) is 0. The highest BCUT2D eigenvalue weighted by Crippen LogP contribution is 1.62. The highest BCUT2D eigenvalue weighted by atomic mass is 32.1. The van der Waals surface area contributed by atoms with Crippen LogP contribution in [0.25, 0.3) is 0 Å². The van der Waals surface area contributed by atoms with E-state index in [1.54, 1.807) is 6.21 Å². The summed E-state index contributed by atoms with van der Waals surface area (Å²) < 4.78 is 3.31. The zero-order chi connectivity index (χ0) is 3.41. The molecule has 0 aromatic rings. The smallest absolute Gasteiger partial charge is 0.00917 e. The average Bonchev–Trinajstić information content (AvgIpc) is 1.37. The van der Waals surface area contributed by atoms with Gasteiger partial charge in [-0.1, -0.05) is 0 Å². The molecule has 5 heavy (non-hydrogen) atoms. The minimum absolute atomic E-state index is 0. The van der Waals surface area contributed by atoms with E-state index in [2.05, 4.69) is 17.2 Å². The molecule has 32 valence electrons. The molecule has 3 heteroatoms. The summed E-state index contributed by atoms with van der Waals surface area (Å²) >= 11 is 3.49. The third-order valence-electron chi connectivity index (χ3n) is 0.115. The molecule has 0 aromatic carbocycles. The molecule has 0 aromatic heterocycles. The first-order chi connectivity index (χ1) is 1.91. The maximum absolute atomic E-state index is 3.49. The Morgan fingerprint density at radius 1 is 1.80 bits per heavy atom. The van der Waals surface area contributed by atoms with Gasteiger partial charge in [-0.2, -0.15) is 0 Å². The number of thiol groups is 1. The maximum atomic E-state index is 3.49. The van der Waals surface area contributed by atoms with Gasteiger partial charge in [-0.15, -0.1) is 0 Å². The summed E-state index contributed by atoms with van der Waals surface area (Å²) in [5, 5.41) is 0. The van der Waals surface area contributed by atoms with Crippen LogP contribution in [0.4, 0.5) is 0 Å². The molecule has 0 rings (SSSR count). The minimum Gasteiger partial charge on any atom is -0.412 e. The van der Waals surface area contributed by atoms with Crippen molar-refractivity contribution in [3.63, 3.8) is 0 Å². The maximum Gasteiger partial charge on any atom is 0.00917 e. The van der Waals surface area contributed by atoms with Crippen LogP contribution >= 0.6 is 12.8 Å². The van der Waals surface area contributed by atoms with Crippen molar-refractivity contribution in [3.8, 4) is 0 Å². The molecule has 0 radical (unpaired) electrons. The zero-order valence-corrected chi connectivity index (χ0v) is 3.87. The van der Waals surface area contributed by atoms with Crippen LogP contribution in [0.1, 0.15) is 6.92 Å². The molecule has 0 saturated carbocycles. The van der Waals surface area contributed by atoms with E-state index in [0.29, 0.717) is 0 Å². The molecule has 0 saturated heterocycles. The fraction of sp³-hybridized carbons (Fsp3) is 0.500. The molecule has 2 nitrogen and oxygen atoms in total. The number of nitrogens with zero attached hydrogens (tertiary/aromatic N) is 1. The summed E-state index contributed by atoms with van der Waals surface area (Å²) in [6, 6.07) is 0. The Labute approximate surface area is 36.8 Å². The summed E-state index contributed by atoms with van der Waals surface area (Å²) in [5.41, 5.74) is 0. The lowest BCUT2D eigenvalue weighted by molar-refractivity contribution is 0.824. The van der Waals surface area contributed by atoms with Gasteiger partial charge in [-0.25, -0.2) is 4.40 Å². The van der Waals surface area contributed by atoms with Crippen LogP contribution < -0.4 is 0 Å². The highest BCUT2D eigenvalue weighted by Gasteiger charge is 1.34. The van der Waals surface area contributed by atoms with Gasteiger partial charge < -0.3 is 5.48 Å². The van der Waals surface area contributed by atoms with Crippen molar-refractivity contribution in [1.82, 2.24) is 0 Å². The Hall–Kier alpha value is -0.0200. The van der Waals surface area contributed by atoms with E-state index in [1.165, 1.54) is 0 Å². The Balaban J connectivity index is 0. The third kappa shape index (κ3) is 16.2.